The number of hydrogen-bond acceptors (Lipinski definition) is 4. The fourth-order valence-corrected chi connectivity index (χ4v) is 4.28. The molecular weight excluding hydrogens is 409 g/mol. The van der Waals surface area contributed by atoms with Crippen LogP contribution in [0.15, 0.2) is 71.3 Å². The maximum absolute atomic E-state index is 12.6. The molecule has 0 radical (unpaired) electrons. The lowest BCUT2D eigenvalue weighted by atomic mass is 10.0. The summed E-state index contributed by atoms with van der Waals surface area (Å²) in [4.78, 5) is 1.03. The minimum absolute atomic E-state index is 0.161. The first kappa shape index (κ1) is 22.3. The third-order valence-electron chi connectivity index (χ3n) is 4.87. The van der Waals surface area contributed by atoms with Crippen LogP contribution in [-0.4, -0.2) is 24.3 Å². The number of hydrogen-bond donors (Lipinski definition) is 1. The van der Waals surface area contributed by atoms with Crippen LogP contribution in [0.5, 0.6) is 5.75 Å². The van der Waals surface area contributed by atoms with Gasteiger partial charge in [-0.3, -0.25) is 0 Å². The predicted molar refractivity (Wildman–Crippen MR) is 116 cm³/mol. The summed E-state index contributed by atoms with van der Waals surface area (Å²) in [5, 5.41) is 3.17. The fourth-order valence-electron chi connectivity index (χ4n) is 3.22. The largest absolute Gasteiger partial charge is 0.573 e. The van der Waals surface area contributed by atoms with Crippen LogP contribution in [0.2, 0.25) is 0 Å². The van der Waals surface area contributed by atoms with Crippen molar-refractivity contribution in [1.82, 2.24) is 9.62 Å². The van der Waals surface area contributed by atoms with E-state index in [-0.39, 0.29) is 5.75 Å². The molecule has 1 aliphatic rings. The van der Waals surface area contributed by atoms with E-state index in [9.17, 15) is 13.2 Å². The van der Waals surface area contributed by atoms with Crippen LogP contribution < -0.4 is 10.1 Å². The minimum Gasteiger partial charge on any atom is -0.405 e. The lowest BCUT2D eigenvalue weighted by Crippen LogP contribution is -2.25. The zero-order valence-electron chi connectivity index (χ0n) is 17.0. The van der Waals surface area contributed by atoms with Gasteiger partial charge in [0, 0.05) is 30.7 Å². The van der Waals surface area contributed by atoms with Crippen molar-refractivity contribution in [2.75, 3.05) is 13.6 Å². The van der Waals surface area contributed by atoms with Crippen LogP contribution in [0.4, 0.5) is 13.2 Å². The molecule has 0 fully saturated rings. The van der Waals surface area contributed by atoms with Crippen molar-refractivity contribution in [3.63, 3.8) is 0 Å². The highest BCUT2D eigenvalue weighted by Crippen LogP contribution is 2.31. The van der Waals surface area contributed by atoms with Crippen LogP contribution >= 0.6 is 11.9 Å². The quantitative estimate of drug-likeness (QED) is 0.437. The number of fused-ring (bicyclic) bond motifs is 1. The van der Waals surface area contributed by atoms with E-state index in [1.807, 2.05) is 26.1 Å². The number of halogens is 3. The van der Waals surface area contributed by atoms with E-state index in [2.05, 4.69) is 38.6 Å². The van der Waals surface area contributed by atoms with E-state index in [1.165, 1.54) is 23.3 Å². The van der Waals surface area contributed by atoms with E-state index in [0.717, 1.165) is 30.1 Å². The number of benzene rings is 2. The average molecular weight is 435 g/mol. The summed E-state index contributed by atoms with van der Waals surface area (Å²) in [6, 6.07) is 14.7. The van der Waals surface area contributed by atoms with Gasteiger partial charge in [-0.2, -0.15) is 0 Å². The maximum atomic E-state index is 12.6. The first-order valence-corrected chi connectivity index (χ1v) is 10.5. The second-order valence-electron chi connectivity index (χ2n) is 6.97. The summed E-state index contributed by atoms with van der Waals surface area (Å²) in [6.45, 7) is 3.79. The van der Waals surface area contributed by atoms with Crippen LogP contribution in [0.3, 0.4) is 0 Å². The smallest absolute Gasteiger partial charge is 0.405 e. The van der Waals surface area contributed by atoms with E-state index in [4.69, 9.17) is 0 Å². The normalized spacial score (nSPS) is 15.6. The molecule has 0 atom stereocenters. The molecule has 1 heterocycles. The summed E-state index contributed by atoms with van der Waals surface area (Å²) < 4.78 is 44.3. The SMILES string of the molecule is CN/C(C)=C(\C=C\Cc1ccccc1OC(F)(F)F)SN1CCc2ccccc2C1. The summed E-state index contributed by atoms with van der Waals surface area (Å²) in [5.41, 5.74) is 4.22. The lowest BCUT2D eigenvalue weighted by Gasteiger charge is -2.28. The van der Waals surface area contributed by atoms with Crippen LogP contribution in [0.25, 0.3) is 0 Å². The molecule has 2 aromatic rings. The molecule has 1 N–H and O–H groups in total. The molecule has 0 amide bonds. The van der Waals surface area contributed by atoms with Gasteiger partial charge < -0.3 is 10.1 Å². The highest BCUT2D eigenvalue weighted by Gasteiger charge is 2.31. The van der Waals surface area contributed by atoms with Crippen molar-refractivity contribution >= 4 is 11.9 Å². The molecular formula is C23H25F3N2OS. The van der Waals surface area contributed by atoms with Gasteiger partial charge in [0.15, 0.2) is 0 Å². The first-order valence-electron chi connectivity index (χ1n) is 9.74. The maximum Gasteiger partial charge on any atom is 0.573 e. The van der Waals surface area contributed by atoms with Crippen LogP contribution in [0, 0.1) is 0 Å². The summed E-state index contributed by atoms with van der Waals surface area (Å²) >= 11 is 1.66. The third-order valence-corrected chi connectivity index (χ3v) is 6.08. The van der Waals surface area contributed by atoms with Crippen molar-refractivity contribution in [2.24, 2.45) is 0 Å². The van der Waals surface area contributed by atoms with E-state index >= 15 is 0 Å². The third kappa shape index (κ3) is 6.31. The second kappa shape index (κ2) is 10.1. The summed E-state index contributed by atoms with van der Waals surface area (Å²) in [6.07, 6.45) is 0.478. The topological polar surface area (TPSA) is 24.5 Å². The van der Waals surface area contributed by atoms with Gasteiger partial charge in [0.1, 0.15) is 5.75 Å². The number of nitrogens with zero attached hydrogens (tertiary/aromatic N) is 1. The van der Waals surface area contributed by atoms with Gasteiger partial charge in [-0.1, -0.05) is 48.5 Å². The Morgan fingerprint density at radius 3 is 2.57 bits per heavy atom. The molecule has 2 aromatic carbocycles. The van der Waals surface area contributed by atoms with Gasteiger partial charge in [0.05, 0.1) is 0 Å². The molecule has 0 bridgehead atoms. The van der Waals surface area contributed by atoms with Gasteiger partial charge >= 0.3 is 6.36 Å². The molecule has 30 heavy (non-hydrogen) atoms. The number of para-hydroxylation sites is 1. The molecule has 0 aromatic heterocycles. The Morgan fingerprint density at radius 1 is 1.13 bits per heavy atom. The van der Waals surface area contributed by atoms with Gasteiger partial charge in [-0.15, -0.1) is 13.2 Å². The number of ether oxygens (including phenoxy) is 1. The second-order valence-corrected chi connectivity index (χ2v) is 8.11. The zero-order chi connectivity index (χ0) is 21.6. The molecule has 0 aliphatic carbocycles. The van der Waals surface area contributed by atoms with E-state index in [0.29, 0.717) is 12.0 Å². The molecule has 0 spiro atoms. The fraction of sp³-hybridized carbons (Fsp3) is 0.304. The number of nitrogens with one attached hydrogen (secondary N) is 1. The molecule has 3 nitrogen and oxygen atoms in total. The van der Waals surface area contributed by atoms with Gasteiger partial charge in [-0.25, -0.2) is 4.31 Å². The summed E-state index contributed by atoms with van der Waals surface area (Å²) in [7, 11) is 1.86. The predicted octanol–water partition coefficient (Wildman–Crippen LogP) is 5.84. The monoisotopic (exact) mass is 434 g/mol. The number of alkyl halides is 3. The number of allylic oxidation sites excluding steroid dienone is 3. The molecule has 0 saturated carbocycles. The minimum atomic E-state index is -4.70. The Hall–Kier alpha value is -2.38. The van der Waals surface area contributed by atoms with Gasteiger partial charge in [-0.05, 0) is 60.5 Å². The standard InChI is InChI=1S/C23H25F3N2OS/c1-17(27-2)22(30-28-15-14-18-8-3-4-10-20(18)16-28)13-7-11-19-9-5-6-12-21(19)29-23(24,25)26/h3-10,12-13,27H,11,14-16H2,1-2H3/b13-7+,22-17+. The zero-order valence-corrected chi connectivity index (χ0v) is 17.8. The van der Waals surface area contributed by atoms with Crippen molar-refractivity contribution in [3.05, 3.63) is 88.0 Å². The molecule has 160 valence electrons. The van der Waals surface area contributed by atoms with Crippen molar-refractivity contribution in [1.29, 1.82) is 0 Å². The molecule has 3 rings (SSSR count). The van der Waals surface area contributed by atoms with Crippen LogP contribution in [0.1, 0.15) is 23.6 Å². The number of rotatable bonds is 7. The molecule has 0 saturated heterocycles. The van der Waals surface area contributed by atoms with Crippen LogP contribution in [-0.2, 0) is 19.4 Å². The Kier molecular flexibility index (Phi) is 7.50. The van der Waals surface area contributed by atoms with Crippen molar-refractivity contribution in [3.8, 4) is 5.75 Å². The average Bonchev–Trinajstić information content (AvgIpc) is 2.72. The van der Waals surface area contributed by atoms with E-state index in [1.54, 1.807) is 24.1 Å². The van der Waals surface area contributed by atoms with Gasteiger partial charge in [0.2, 0.25) is 0 Å². The van der Waals surface area contributed by atoms with Crippen molar-refractivity contribution < 1.29 is 17.9 Å². The molecule has 7 heteroatoms. The highest BCUT2D eigenvalue weighted by atomic mass is 32.2. The van der Waals surface area contributed by atoms with E-state index < -0.39 is 6.36 Å². The Bertz CT molecular complexity index is 925. The molecule has 0 unspecified atom stereocenters. The molecule has 1 aliphatic heterocycles. The summed E-state index contributed by atoms with van der Waals surface area (Å²) in [5.74, 6) is -0.161. The lowest BCUT2D eigenvalue weighted by molar-refractivity contribution is -0.274. The Morgan fingerprint density at radius 2 is 1.83 bits per heavy atom. The Labute approximate surface area is 179 Å². The first-order chi connectivity index (χ1) is 14.4. The highest BCUT2D eigenvalue weighted by molar-refractivity contribution is 8.01. The Balaban J connectivity index is 1.69. The van der Waals surface area contributed by atoms with Crippen molar-refractivity contribution in [2.45, 2.75) is 32.7 Å². The van der Waals surface area contributed by atoms with Gasteiger partial charge in [0.25, 0.3) is 0 Å².